The Morgan fingerprint density at radius 1 is 1.03 bits per heavy atom. The maximum absolute atomic E-state index is 13.9. The fourth-order valence-electron chi connectivity index (χ4n) is 3.57. The number of carbonyl (C=O) groups is 2. The van der Waals surface area contributed by atoms with Gasteiger partial charge in [-0.1, -0.05) is 30.3 Å². The van der Waals surface area contributed by atoms with E-state index in [-0.39, 0.29) is 23.5 Å². The zero-order valence-corrected chi connectivity index (χ0v) is 18.0. The second-order valence-corrected chi connectivity index (χ2v) is 9.75. The van der Waals surface area contributed by atoms with Crippen molar-refractivity contribution in [3.05, 3.63) is 65.7 Å². The number of nitrogens with one attached hydrogen (secondary N) is 2. The van der Waals surface area contributed by atoms with Gasteiger partial charge < -0.3 is 0 Å². The van der Waals surface area contributed by atoms with Crippen molar-refractivity contribution in [2.24, 2.45) is 5.41 Å². The summed E-state index contributed by atoms with van der Waals surface area (Å²) in [5.41, 5.74) is 2.04. The van der Waals surface area contributed by atoms with Crippen LogP contribution in [0.3, 0.4) is 0 Å². The Balaban J connectivity index is 1.67. The molecule has 1 heterocycles. The molecule has 1 fully saturated rings. The average molecular weight is 469 g/mol. The lowest BCUT2D eigenvalue weighted by Crippen LogP contribution is -2.56. The maximum Gasteiger partial charge on any atom is 0.404 e. The van der Waals surface area contributed by atoms with Crippen LogP contribution in [0, 0.1) is 5.41 Å². The number of hydrogen-bond acceptors (Lipinski definition) is 5. The summed E-state index contributed by atoms with van der Waals surface area (Å²) in [5.74, 6) is -2.21. The Hall–Kier alpha value is -2.92. The highest BCUT2D eigenvalue weighted by molar-refractivity contribution is 7.90. The quantitative estimate of drug-likeness (QED) is 0.656. The first kappa shape index (κ1) is 23.7. The fourth-order valence-corrected chi connectivity index (χ4v) is 4.20. The second kappa shape index (κ2) is 8.91. The zero-order valence-electron chi connectivity index (χ0n) is 17.1. The molecule has 1 atom stereocenters. The minimum absolute atomic E-state index is 0.0152. The highest BCUT2D eigenvalue weighted by atomic mass is 32.2. The summed E-state index contributed by atoms with van der Waals surface area (Å²) in [5, 5.41) is 0. The number of likely N-dealkylation sites (tertiary alicyclic amines) is 1. The normalized spacial score (nSPS) is 19.5. The van der Waals surface area contributed by atoms with Gasteiger partial charge in [0.1, 0.15) is 0 Å². The van der Waals surface area contributed by atoms with Crippen molar-refractivity contribution in [3.63, 3.8) is 0 Å². The van der Waals surface area contributed by atoms with Crippen LogP contribution >= 0.6 is 0 Å². The minimum Gasteiger partial charge on any atom is -0.298 e. The van der Waals surface area contributed by atoms with Crippen molar-refractivity contribution >= 4 is 21.7 Å². The summed E-state index contributed by atoms with van der Waals surface area (Å²) in [4.78, 5) is 26.3. The van der Waals surface area contributed by atoms with E-state index in [1.54, 1.807) is 35.2 Å². The molecule has 1 saturated heterocycles. The third-order valence-corrected chi connectivity index (χ3v) is 6.54. The second-order valence-electron chi connectivity index (χ2n) is 7.73. The van der Waals surface area contributed by atoms with Gasteiger partial charge in [-0.05, 0) is 42.8 Å². The summed E-state index contributed by atoms with van der Waals surface area (Å²) in [7, 11) is -3.47. The Kier molecular flexibility index (Phi) is 6.61. The number of sulfone groups is 1. The Labute approximate surface area is 183 Å². The Morgan fingerprint density at radius 3 is 2.22 bits per heavy atom. The number of rotatable bonds is 5. The van der Waals surface area contributed by atoms with Crippen LogP contribution in [0.25, 0.3) is 0 Å². The van der Waals surface area contributed by atoms with Gasteiger partial charge in [0.2, 0.25) is 0 Å². The lowest BCUT2D eigenvalue weighted by Gasteiger charge is -2.30. The van der Waals surface area contributed by atoms with E-state index in [1.807, 2.05) is 10.9 Å². The van der Waals surface area contributed by atoms with Crippen LogP contribution in [0.5, 0.6) is 0 Å². The van der Waals surface area contributed by atoms with E-state index < -0.39 is 46.2 Å². The van der Waals surface area contributed by atoms with E-state index in [1.165, 1.54) is 24.3 Å². The predicted octanol–water partition coefficient (Wildman–Crippen LogP) is 2.31. The summed E-state index contributed by atoms with van der Waals surface area (Å²) >= 11 is 0. The van der Waals surface area contributed by atoms with Crippen LogP contribution in [-0.4, -0.2) is 50.7 Å². The molecule has 1 aliphatic rings. The minimum atomic E-state index is -4.82. The van der Waals surface area contributed by atoms with E-state index in [0.717, 1.165) is 11.8 Å². The molecule has 11 heteroatoms. The Bertz CT molecular complexity index is 1090. The highest BCUT2D eigenvalue weighted by Crippen LogP contribution is 2.46. The summed E-state index contributed by atoms with van der Waals surface area (Å²) in [6.07, 6.45) is -4.25. The molecule has 172 valence electrons. The molecular weight excluding hydrogens is 447 g/mol. The number of nitrogens with zero attached hydrogens (tertiary/aromatic N) is 1. The molecule has 7 nitrogen and oxygen atoms in total. The molecular formula is C21H22F3N3O4S. The summed E-state index contributed by atoms with van der Waals surface area (Å²) in [6.45, 7) is -0.191. The zero-order chi connectivity index (χ0) is 23.6. The lowest BCUT2D eigenvalue weighted by molar-refractivity contribution is -0.218. The van der Waals surface area contributed by atoms with Gasteiger partial charge >= 0.3 is 6.18 Å². The molecule has 0 saturated carbocycles. The van der Waals surface area contributed by atoms with Crippen molar-refractivity contribution in [3.8, 4) is 0 Å². The lowest BCUT2D eigenvalue weighted by atomic mass is 9.85. The van der Waals surface area contributed by atoms with Gasteiger partial charge in [-0.3, -0.25) is 25.3 Å². The van der Waals surface area contributed by atoms with Crippen LogP contribution in [0.4, 0.5) is 13.2 Å². The molecule has 0 spiro atoms. The van der Waals surface area contributed by atoms with Crippen molar-refractivity contribution < 1.29 is 31.2 Å². The third kappa shape index (κ3) is 5.10. The SMILES string of the molecule is CS(=O)(=O)c1ccc(C(=O)NNC(=O)C2(C(F)(F)F)CCN(Cc3ccccc3)C2)cc1. The molecule has 32 heavy (non-hydrogen) atoms. The number of benzene rings is 2. The molecule has 2 aromatic carbocycles. The molecule has 0 aromatic heterocycles. The van der Waals surface area contributed by atoms with Crippen LogP contribution in [0.15, 0.2) is 59.5 Å². The molecule has 2 aromatic rings. The number of hydrogen-bond donors (Lipinski definition) is 2. The fraction of sp³-hybridized carbons (Fsp3) is 0.333. The molecule has 3 rings (SSSR count). The van der Waals surface area contributed by atoms with Crippen molar-refractivity contribution in [1.82, 2.24) is 15.8 Å². The molecule has 2 N–H and O–H groups in total. The highest BCUT2D eigenvalue weighted by Gasteiger charge is 2.63. The monoisotopic (exact) mass is 469 g/mol. The first-order valence-electron chi connectivity index (χ1n) is 9.66. The van der Waals surface area contributed by atoms with Crippen molar-refractivity contribution in [2.75, 3.05) is 19.3 Å². The van der Waals surface area contributed by atoms with Crippen molar-refractivity contribution in [2.45, 2.75) is 24.0 Å². The number of halogens is 3. The van der Waals surface area contributed by atoms with Gasteiger partial charge in [0, 0.05) is 24.9 Å². The van der Waals surface area contributed by atoms with Gasteiger partial charge in [0.25, 0.3) is 11.8 Å². The topological polar surface area (TPSA) is 95.6 Å². The van der Waals surface area contributed by atoms with Gasteiger partial charge in [-0.2, -0.15) is 13.2 Å². The van der Waals surface area contributed by atoms with Crippen LogP contribution in [0.2, 0.25) is 0 Å². The van der Waals surface area contributed by atoms with E-state index in [9.17, 15) is 31.2 Å². The molecule has 2 amide bonds. The standard InChI is InChI=1S/C21H22F3N3O4S/c1-32(30,31)17-9-7-16(8-10-17)18(28)25-26-19(29)20(21(22,23)24)11-12-27(14-20)13-15-5-3-2-4-6-15/h2-10H,11-14H2,1H3,(H,25,28)(H,26,29). The molecule has 0 radical (unpaired) electrons. The van der Waals surface area contributed by atoms with Crippen LogP contribution in [0.1, 0.15) is 22.3 Å². The van der Waals surface area contributed by atoms with Crippen LogP contribution in [-0.2, 0) is 21.2 Å². The smallest absolute Gasteiger partial charge is 0.298 e. The van der Waals surface area contributed by atoms with Crippen molar-refractivity contribution in [1.29, 1.82) is 0 Å². The van der Waals surface area contributed by atoms with Gasteiger partial charge in [0.05, 0.1) is 4.90 Å². The van der Waals surface area contributed by atoms with Gasteiger partial charge in [-0.25, -0.2) is 8.42 Å². The van der Waals surface area contributed by atoms with E-state index in [4.69, 9.17) is 0 Å². The first-order chi connectivity index (χ1) is 14.9. The van der Waals surface area contributed by atoms with Gasteiger partial charge in [0.15, 0.2) is 15.3 Å². The maximum atomic E-state index is 13.9. The number of amides is 2. The molecule has 1 aliphatic heterocycles. The van der Waals surface area contributed by atoms with E-state index in [2.05, 4.69) is 0 Å². The van der Waals surface area contributed by atoms with E-state index in [0.29, 0.717) is 0 Å². The number of carbonyl (C=O) groups excluding carboxylic acids is 2. The van der Waals surface area contributed by atoms with Crippen LogP contribution < -0.4 is 10.9 Å². The average Bonchev–Trinajstić information content (AvgIpc) is 3.17. The molecule has 0 bridgehead atoms. The summed E-state index contributed by atoms with van der Waals surface area (Å²) < 4.78 is 64.7. The largest absolute Gasteiger partial charge is 0.404 e. The molecule has 0 aliphatic carbocycles. The third-order valence-electron chi connectivity index (χ3n) is 5.41. The van der Waals surface area contributed by atoms with Gasteiger partial charge in [-0.15, -0.1) is 0 Å². The number of hydrazine groups is 1. The predicted molar refractivity (Wildman–Crippen MR) is 110 cm³/mol. The molecule has 1 unspecified atom stereocenters. The number of alkyl halides is 3. The van der Waals surface area contributed by atoms with E-state index >= 15 is 0 Å². The first-order valence-corrected chi connectivity index (χ1v) is 11.6. The summed E-state index contributed by atoms with van der Waals surface area (Å²) in [6, 6.07) is 13.8. The Morgan fingerprint density at radius 2 is 1.66 bits per heavy atom.